The maximum Gasteiger partial charge on any atom is 0.160 e. The molecule has 2 heteroatoms. The van der Waals surface area contributed by atoms with Crippen molar-refractivity contribution >= 4 is 24.0 Å². The fraction of sp³-hybridized carbons (Fsp3) is 0.235. The van der Waals surface area contributed by atoms with Gasteiger partial charge < -0.3 is 0 Å². The van der Waals surface area contributed by atoms with E-state index in [4.69, 9.17) is 0 Å². The van der Waals surface area contributed by atoms with Crippen LogP contribution in [-0.4, -0.2) is 5.78 Å². The van der Waals surface area contributed by atoms with Gasteiger partial charge in [-0.2, -0.15) is 0 Å². The molecule has 0 fully saturated rings. The highest BCUT2D eigenvalue weighted by Gasteiger charge is 2.09. The van der Waals surface area contributed by atoms with E-state index in [2.05, 4.69) is 19.2 Å². The predicted octanol–water partition coefficient (Wildman–Crippen LogP) is 4.99. The lowest BCUT2D eigenvalue weighted by Gasteiger charge is -2.07. The van der Waals surface area contributed by atoms with Crippen LogP contribution in [0.15, 0.2) is 54.0 Å². The van der Waals surface area contributed by atoms with E-state index in [9.17, 15) is 4.79 Å². The smallest absolute Gasteiger partial charge is 0.160 e. The van der Waals surface area contributed by atoms with Crippen LogP contribution in [0, 0.1) is 6.92 Å². The van der Waals surface area contributed by atoms with E-state index in [1.165, 1.54) is 0 Å². The van der Waals surface area contributed by atoms with Crippen LogP contribution >= 0.6 is 12.6 Å². The maximum absolute atomic E-state index is 11.7. The summed E-state index contributed by atoms with van der Waals surface area (Å²) in [5.74, 6) is 0.0308. The topological polar surface area (TPSA) is 17.1 Å². The molecule has 0 saturated carbocycles. The summed E-state index contributed by atoms with van der Waals surface area (Å²) in [6, 6.07) is 7.81. The van der Waals surface area contributed by atoms with Gasteiger partial charge in [-0.05, 0) is 37.1 Å². The molecular formula is C17H22OS. The summed E-state index contributed by atoms with van der Waals surface area (Å²) in [6.07, 6.45) is 5.17. The van der Waals surface area contributed by atoms with Crippen molar-refractivity contribution in [2.45, 2.75) is 27.7 Å². The van der Waals surface area contributed by atoms with Crippen LogP contribution in [0.1, 0.15) is 31.9 Å². The summed E-state index contributed by atoms with van der Waals surface area (Å²) >= 11 is 4.29. The van der Waals surface area contributed by atoms with Gasteiger partial charge in [0, 0.05) is 10.5 Å². The van der Waals surface area contributed by atoms with Crippen molar-refractivity contribution in [3.05, 3.63) is 65.1 Å². The van der Waals surface area contributed by atoms with E-state index >= 15 is 0 Å². The largest absolute Gasteiger partial charge is 0.294 e. The van der Waals surface area contributed by atoms with Crippen LogP contribution in [0.25, 0.3) is 5.57 Å². The average molecular weight is 274 g/mol. The van der Waals surface area contributed by atoms with Gasteiger partial charge in [-0.25, -0.2) is 0 Å². The van der Waals surface area contributed by atoms with Gasteiger partial charge in [0.1, 0.15) is 0 Å². The van der Waals surface area contributed by atoms with Gasteiger partial charge in [0.25, 0.3) is 0 Å². The molecule has 0 amide bonds. The number of hydrogen-bond donors (Lipinski definition) is 1. The average Bonchev–Trinajstić information content (AvgIpc) is 2.39. The summed E-state index contributed by atoms with van der Waals surface area (Å²) < 4.78 is 0. The fourth-order valence-electron chi connectivity index (χ4n) is 1.56. The summed E-state index contributed by atoms with van der Waals surface area (Å²) in [5.41, 5.74) is 2.70. The van der Waals surface area contributed by atoms with Crippen LogP contribution in [0.4, 0.5) is 0 Å². The summed E-state index contributed by atoms with van der Waals surface area (Å²) in [7, 11) is 0. The molecule has 1 nitrogen and oxygen atoms in total. The molecule has 1 aromatic rings. The van der Waals surface area contributed by atoms with Gasteiger partial charge in [-0.3, -0.25) is 4.79 Å². The normalized spacial score (nSPS) is 11.4. The van der Waals surface area contributed by atoms with Crippen molar-refractivity contribution in [3.8, 4) is 0 Å². The van der Waals surface area contributed by atoms with Gasteiger partial charge in [0.2, 0.25) is 0 Å². The summed E-state index contributed by atoms with van der Waals surface area (Å²) in [5, 5.41) is 0. The van der Waals surface area contributed by atoms with E-state index in [0.717, 1.165) is 11.1 Å². The third-order valence-corrected chi connectivity index (χ3v) is 2.67. The number of ketones is 1. The second-order valence-corrected chi connectivity index (χ2v) is 4.27. The lowest BCUT2D eigenvalue weighted by Crippen LogP contribution is -1.98. The quantitative estimate of drug-likeness (QED) is 0.465. The van der Waals surface area contributed by atoms with Gasteiger partial charge in [0.15, 0.2) is 5.78 Å². The van der Waals surface area contributed by atoms with Crippen LogP contribution in [-0.2, 0) is 4.79 Å². The molecule has 0 N–H and O–H groups in total. The van der Waals surface area contributed by atoms with Crippen molar-refractivity contribution in [3.63, 3.8) is 0 Å². The first-order chi connectivity index (χ1) is 9.06. The number of aryl methyl sites for hydroxylation is 1. The van der Waals surface area contributed by atoms with E-state index in [0.29, 0.717) is 10.5 Å². The van der Waals surface area contributed by atoms with Crippen molar-refractivity contribution in [2.24, 2.45) is 0 Å². The summed E-state index contributed by atoms with van der Waals surface area (Å²) in [6.45, 7) is 11.2. The Hall–Kier alpha value is -1.54. The molecule has 102 valence electrons. The first kappa shape index (κ1) is 17.5. The van der Waals surface area contributed by atoms with Crippen LogP contribution < -0.4 is 0 Å². The molecule has 0 atom stereocenters. The Kier molecular flexibility index (Phi) is 8.64. The predicted molar refractivity (Wildman–Crippen MR) is 88.5 cm³/mol. The first-order valence-corrected chi connectivity index (χ1v) is 6.81. The minimum atomic E-state index is 0.0308. The Bertz CT molecular complexity index is 496. The third-order valence-electron chi connectivity index (χ3n) is 2.40. The van der Waals surface area contributed by atoms with Gasteiger partial charge in [-0.15, -0.1) is 12.6 Å². The standard InChI is InChI=1S/C15H16OS.C2H6/c1-4-7-13(17)10-15(12(3)16)14-9-6-5-8-11(14)2;1-2/h4-10,17H,1H2,2-3H3;1-2H3/b13-7-,15-10+;. The molecule has 0 saturated heterocycles. The molecule has 0 bridgehead atoms. The van der Waals surface area contributed by atoms with E-state index in [-0.39, 0.29) is 5.78 Å². The Morgan fingerprint density at radius 1 is 1.26 bits per heavy atom. The molecule has 0 unspecified atom stereocenters. The third kappa shape index (κ3) is 5.75. The van der Waals surface area contributed by atoms with Gasteiger partial charge in [0.05, 0.1) is 0 Å². The monoisotopic (exact) mass is 274 g/mol. The zero-order valence-corrected chi connectivity index (χ0v) is 13.0. The Morgan fingerprint density at radius 2 is 1.84 bits per heavy atom. The first-order valence-electron chi connectivity index (χ1n) is 6.36. The number of carbonyl (C=O) groups excluding carboxylic acids is 1. The Balaban J connectivity index is 0.00000154. The Morgan fingerprint density at radius 3 is 2.32 bits per heavy atom. The number of hydrogen-bond acceptors (Lipinski definition) is 2. The van der Waals surface area contributed by atoms with Gasteiger partial charge in [-0.1, -0.05) is 50.8 Å². The SMILES string of the molecule is C=C/C=C(S)/C=C(\C(C)=O)c1ccccc1C.CC. The Labute approximate surface area is 122 Å². The fourth-order valence-corrected chi connectivity index (χ4v) is 1.80. The van der Waals surface area contributed by atoms with Crippen LogP contribution in [0.2, 0.25) is 0 Å². The minimum Gasteiger partial charge on any atom is -0.294 e. The number of rotatable bonds is 4. The molecule has 0 spiro atoms. The van der Waals surface area contributed by atoms with E-state index in [1.807, 2.05) is 45.0 Å². The summed E-state index contributed by atoms with van der Waals surface area (Å²) in [4.78, 5) is 12.4. The number of allylic oxidation sites excluding steroid dienone is 4. The molecule has 0 heterocycles. The number of thiol groups is 1. The van der Waals surface area contributed by atoms with E-state index < -0.39 is 0 Å². The number of carbonyl (C=O) groups is 1. The zero-order chi connectivity index (χ0) is 14.8. The second kappa shape index (κ2) is 9.40. The minimum absolute atomic E-state index is 0.0308. The van der Waals surface area contributed by atoms with Crippen molar-refractivity contribution in [2.75, 3.05) is 0 Å². The van der Waals surface area contributed by atoms with Crippen molar-refractivity contribution in [1.82, 2.24) is 0 Å². The zero-order valence-electron chi connectivity index (χ0n) is 12.1. The lowest BCUT2D eigenvalue weighted by atomic mass is 9.97. The lowest BCUT2D eigenvalue weighted by molar-refractivity contribution is -0.111. The molecular weight excluding hydrogens is 252 g/mol. The van der Waals surface area contributed by atoms with Gasteiger partial charge >= 0.3 is 0 Å². The highest BCUT2D eigenvalue weighted by atomic mass is 32.1. The molecule has 0 aromatic heterocycles. The van der Waals surface area contributed by atoms with Crippen molar-refractivity contribution in [1.29, 1.82) is 0 Å². The van der Waals surface area contributed by atoms with Crippen molar-refractivity contribution < 1.29 is 4.79 Å². The number of benzene rings is 1. The molecule has 19 heavy (non-hydrogen) atoms. The molecule has 1 aromatic carbocycles. The number of Topliss-reactive ketones (excluding diaryl/α,β-unsaturated/α-hetero) is 1. The van der Waals surface area contributed by atoms with Crippen LogP contribution in [0.5, 0.6) is 0 Å². The highest BCUT2D eigenvalue weighted by molar-refractivity contribution is 7.84. The molecule has 0 aliphatic rings. The van der Waals surface area contributed by atoms with E-state index in [1.54, 1.807) is 25.2 Å². The molecule has 1 rings (SSSR count). The van der Waals surface area contributed by atoms with Crippen LogP contribution in [0.3, 0.4) is 0 Å². The second-order valence-electron chi connectivity index (χ2n) is 3.76. The molecule has 0 aliphatic heterocycles. The maximum atomic E-state index is 11.7. The highest BCUT2D eigenvalue weighted by Crippen LogP contribution is 2.22. The molecule has 0 aliphatic carbocycles. The molecule has 0 radical (unpaired) electrons.